The monoisotopic (exact) mass is 294 g/mol. The zero-order valence-electron chi connectivity index (χ0n) is 10.0. The van der Waals surface area contributed by atoms with Crippen molar-refractivity contribution in [1.82, 2.24) is 10.1 Å². The topological polar surface area (TPSA) is 69.1 Å². The van der Waals surface area contributed by atoms with Crippen LogP contribution >= 0.6 is 11.3 Å². The highest BCUT2D eigenvalue weighted by molar-refractivity contribution is 7.84. The van der Waals surface area contributed by atoms with Gasteiger partial charge in [-0.2, -0.15) is 16.3 Å². The molecule has 0 aliphatic carbocycles. The Kier molecular flexibility index (Phi) is 3.31. The molecule has 3 aromatic heterocycles. The maximum atomic E-state index is 12.1. The largest absolute Gasteiger partial charge is 0.468 e. The van der Waals surface area contributed by atoms with E-state index in [2.05, 4.69) is 10.1 Å². The normalized spacial score (nSPS) is 12.7. The Labute approximate surface area is 115 Å². The third kappa shape index (κ3) is 2.52. The van der Waals surface area contributed by atoms with Crippen LogP contribution in [-0.2, 0) is 16.6 Å². The Hall–Kier alpha value is -1.73. The van der Waals surface area contributed by atoms with Crippen molar-refractivity contribution in [2.24, 2.45) is 0 Å². The van der Waals surface area contributed by atoms with E-state index in [0.29, 0.717) is 22.4 Å². The first kappa shape index (κ1) is 12.3. The summed E-state index contributed by atoms with van der Waals surface area (Å²) in [6, 6.07) is 3.61. The third-order valence-electron chi connectivity index (χ3n) is 2.56. The second-order valence-electron chi connectivity index (χ2n) is 3.85. The van der Waals surface area contributed by atoms with Crippen molar-refractivity contribution in [3.05, 3.63) is 40.8 Å². The molecule has 5 nitrogen and oxygen atoms in total. The molecule has 0 radical (unpaired) electrons. The van der Waals surface area contributed by atoms with Crippen LogP contribution in [0.25, 0.3) is 11.4 Å². The van der Waals surface area contributed by atoms with Crippen molar-refractivity contribution in [1.29, 1.82) is 0 Å². The van der Waals surface area contributed by atoms with Gasteiger partial charge in [-0.3, -0.25) is 4.21 Å². The zero-order chi connectivity index (χ0) is 13.2. The molecule has 0 spiro atoms. The summed E-state index contributed by atoms with van der Waals surface area (Å²) < 4.78 is 22.4. The highest BCUT2D eigenvalue weighted by Gasteiger charge is 2.15. The van der Waals surface area contributed by atoms with Gasteiger partial charge in [0.15, 0.2) is 0 Å². The molecule has 0 amide bonds. The van der Waals surface area contributed by atoms with E-state index < -0.39 is 10.8 Å². The number of furan rings is 1. The Morgan fingerprint density at radius 3 is 3.00 bits per heavy atom. The molecule has 0 N–H and O–H groups in total. The van der Waals surface area contributed by atoms with Gasteiger partial charge < -0.3 is 8.94 Å². The van der Waals surface area contributed by atoms with Crippen molar-refractivity contribution in [3.8, 4) is 11.4 Å². The van der Waals surface area contributed by atoms with Gasteiger partial charge in [-0.05, 0) is 24.4 Å². The van der Waals surface area contributed by atoms with Crippen molar-refractivity contribution >= 4 is 22.1 Å². The molecule has 3 heterocycles. The maximum Gasteiger partial charge on any atom is 0.239 e. The molecule has 0 saturated heterocycles. The first-order valence-electron chi connectivity index (χ1n) is 5.51. The highest BCUT2D eigenvalue weighted by atomic mass is 32.2. The Balaban J connectivity index is 1.78. The van der Waals surface area contributed by atoms with E-state index in [1.807, 2.05) is 16.8 Å². The number of hydrogen-bond donors (Lipinski definition) is 0. The van der Waals surface area contributed by atoms with E-state index in [9.17, 15) is 4.21 Å². The molecule has 19 heavy (non-hydrogen) atoms. The van der Waals surface area contributed by atoms with Gasteiger partial charge in [0.2, 0.25) is 11.7 Å². The van der Waals surface area contributed by atoms with Crippen molar-refractivity contribution < 1.29 is 13.1 Å². The molecular formula is C12H10N2O3S2. The first-order valence-corrected chi connectivity index (χ1v) is 7.78. The predicted octanol–water partition coefficient (Wildman–Crippen LogP) is 3.01. The average molecular weight is 294 g/mol. The maximum absolute atomic E-state index is 12.1. The molecule has 1 atom stereocenters. The Bertz CT molecular complexity index is 700. The van der Waals surface area contributed by atoms with Crippen LogP contribution in [0, 0.1) is 6.92 Å². The van der Waals surface area contributed by atoms with Gasteiger partial charge in [-0.1, -0.05) is 5.16 Å². The Morgan fingerprint density at radius 2 is 2.32 bits per heavy atom. The molecule has 3 rings (SSSR count). The summed E-state index contributed by atoms with van der Waals surface area (Å²) >= 11 is 1.56. The summed E-state index contributed by atoms with van der Waals surface area (Å²) in [4.78, 5) is 4.90. The van der Waals surface area contributed by atoms with Crippen molar-refractivity contribution in [3.63, 3.8) is 0 Å². The average Bonchev–Trinajstić information content (AvgIpc) is 3.07. The van der Waals surface area contributed by atoms with E-state index in [1.54, 1.807) is 24.3 Å². The molecule has 0 aliphatic rings. The second kappa shape index (κ2) is 5.10. The molecular weight excluding hydrogens is 284 g/mol. The molecule has 3 aromatic rings. The molecule has 7 heteroatoms. The fourth-order valence-electron chi connectivity index (χ4n) is 1.62. The summed E-state index contributed by atoms with van der Waals surface area (Å²) in [6.45, 7) is 1.78. The van der Waals surface area contributed by atoms with Gasteiger partial charge in [0.1, 0.15) is 11.5 Å². The predicted molar refractivity (Wildman–Crippen MR) is 71.2 cm³/mol. The van der Waals surface area contributed by atoms with Gasteiger partial charge in [-0.15, -0.1) is 0 Å². The van der Waals surface area contributed by atoms with E-state index in [4.69, 9.17) is 8.94 Å². The summed E-state index contributed by atoms with van der Waals surface area (Å²) in [5, 5.41) is 7.76. The SMILES string of the molecule is Cc1occc1S(=O)Cc1nc(-c2ccsc2)no1. The number of hydrogen-bond acceptors (Lipinski definition) is 6. The van der Waals surface area contributed by atoms with E-state index in [-0.39, 0.29) is 5.75 Å². The van der Waals surface area contributed by atoms with Crippen LogP contribution in [0.15, 0.2) is 43.0 Å². The molecule has 0 aliphatic heterocycles. The lowest BCUT2D eigenvalue weighted by Gasteiger charge is -1.95. The fourth-order valence-corrected chi connectivity index (χ4v) is 3.33. The third-order valence-corrected chi connectivity index (χ3v) is 4.67. The van der Waals surface area contributed by atoms with Crippen LogP contribution in [0.1, 0.15) is 11.7 Å². The first-order chi connectivity index (χ1) is 9.24. The minimum Gasteiger partial charge on any atom is -0.468 e. The second-order valence-corrected chi connectivity index (χ2v) is 6.05. The lowest BCUT2D eigenvalue weighted by atomic mass is 10.3. The molecule has 0 aromatic carbocycles. The van der Waals surface area contributed by atoms with Crippen LogP contribution in [0.5, 0.6) is 0 Å². The van der Waals surface area contributed by atoms with Crippen LogP contribution in [0.2, 0.25) is 0 Å². The minimum absolute atomic E-state index is 0.192. The van der Waals surface area contributed by atoms with E-state index >= 15 is 0 Å². The summed E-state index contributed by atoms with van der Waals surface area (Å²) in [7, 11) is -1.24. The summed E-state index contributed by atoms with van der Waals surface area (Å²) in [5.74, 6) is 1.73. The van der Waals surface area contributed by atoms with Gasteiger partial charge in [0.25, 0.3) is 0 Å². The van der Waals surface area contributed by atoms with Gasteiger partial charge in [0.05, 0.1) is 22.0 Å². The highest BCUT2D eigenvalue weighted by Crippen LogP contribution is 2.21. The molecule has 98 valence electrons. The number of aryl methyl sites for hydroxylation is 1. The Morgan fingerprint density at radius 1 is 1.42 bits per heavy atom. The molecule has 0 fully saturated rings. The number of thiophene rings is 1. The minimum atomic E-state index is -1.24. The lowest BCUT2D eigenvalue weighted by Crippen LogP contribution is -1.97. The summed E-state index contributed by atoms with van der Waals surface area (Å²) in [6.07, 6.45) is 1.52. The van der Waals surface area contributed by atoms with Crippen molar-refractivity contribution in [2.75, 3.05) is 0 Å². The van der Waals surface area contributed by atoms with E-state index in [0.717, 1.165) is 5.56 Å². The smallest absolute Gasteiger partial charge is 0.239 e. The van der Waals surface area contributed by atoms with Crippen molar-refractivity contribution in [2.45, 2.75) is 17.6 Å². The van der Waals surface area contributed by atoms with Crippen LogP contribution < -0.4 is 0 Å². The van der Waals surface area contributed by atoms with Gasteiger partial charge in [0, 0.05) is 10.9 Å². The standard InChI is InChI=1S/C12H10N2O3S2/c1-8-10(2-4-16-8)19(15)7-11-13-12(14-17-11)9-3-5-18-6-9/h2-6H,7H2,1H3. The fraction of sp³-hybridized carbons (Fsp3) is 0.167. The van der Waals surface area contributed by atoms with E-state index in [1.165, 1.54) is 6.26 Å². The quantitative estimate of drug-likeness (QED) is 0.740. The number of rotatable bonds is 4. The lowest BCUT2D eigenvalue weighted by molar-refractivity contribution is 0.390. The van der Waals surface area contributed by atoms with Crippen LogP contribution in [0.3, 0.4) is 0 Å². The summed E-state index contributed by atoms with van der Waals surface area (Å²) in [5.41, 5.74) is 0.908. The van der Waals surface area contributed by atoms with Gasteiger partial charge in [-0.25, -0.2) is 0 Å². The van der Waals surface area contributed by atoms with Crippen LogP contribution in [0.4, 0.5) is 0 Å². The van der Waals surface area contributed by atoms with Gasteiger partial charge >= 0.3 is 0 Å². The van der Waals surface area contributed by atoms with Crippen LogP contribution in [-0.4, -0.2) is 14.3 Å². The molecule has 0 bridgehead atoms. The molecule has 0 saturated carbocycles. The number of aromatic nitrogens is 2. The number of nitrogens with zero attached hydrogens (tertiary/aromatic N) is 2. The molecule has 1 unspecified atom stereocenters. The zero-order valence-corrected chi connectivity index (χ0v) is 11.7.